The van der Waals surface area contributed by atoms with Crippen molar-refractivity contribution in [3.05, 3.63) is 53.6 Å². The number of aryl methyl sites for hydroxylation is 1. The van der Waals surface area contributed by atoms with Crippen LogP contribution in [0.25, 0.3) is 0 Å². The Hall–Kier alpha value is -3.11. The molecular weight excluding hydrogens is 398 g/mol. The minimum atomic E-state index is -3.71. The Labute approximate surface area is 168 Å². The minimum absolute atomic E-state index is 0.00579. The number of fused-ring (bicyclic) bond motifs is 1. The smallest absolute Gasteiger partial charge is 0.283 e. The molecule has 1 heterocycles. The summed E-state index contributed by atoms with van der Waals surface area (Å²) in [5.41, 5.74) is 5.24. The van der Waals surface area contributed by atoms with Gasteiger partial charge in [0.15, 0.2) is 11.5 Å². The van der Waals surface area contributed by atoms with E-state index < -0.39 is 27.9 Å². The number of hydrazine groups is 1. The zero-order valence-electron chi connectivity index (χ0n) is 15.9. The largest absolute Gasteiger partial charge is 0.485 e. The topological polar surface area (TPSA) is 123 Å². The molecule has 9 nitrogen and oxygen atoms in total. The third kappa shape index (κ3) is 4.66. The summed E-state index contributed by atoms with van der Waals surface area (Å²) >= 11 is 0. The number of sulfonamides is 1. The number of rotatable bonds is 5. The van der Waals surface area contributed by atoms with Crippen LogP contribution in [0.3, 0.4) is 0 Å². The molecule has 0 saturated heterocycles. The number of hydrogen-bond donors (Lipinski definition) is 3. The lowest BCUT2D eigenvalue weighted by molar-refractivity contribution is -0.131. The second kappa shape index (κ2) is 8.50. The highest BCUT2D eigenvalue weighted by atomic mass is 32.2. The standard InChI is InChI=1S/C19H21N3O6S/c1-3-20-29(25,26)13-9-8-12(2)14(10-13)18(23)21-22-19(24)17-11-27-15-6-4-5-7-16(15)28-17/h4-10,17,20H,3,11H2,1-2H3,(H,21,23)(H,22,24). The van der Waals surface area contributed by atoms with Crippen molar-refractivity contribution in [1.29, 1.82) is 0 Å². The minimum Gasteiger partial charge on any atom is -0.485 e. The van der Waals surface area contributed by atoms with Crippen LogP contribution in [0.1, 0.15) is 22.8 Å². The molecule has 29 heavy (non-hydrogen) atoms. The van der Waals surface area contributed by atoms with Crippen LogP contribution in [0.5, 0.6) is 11.5 Å². The van der Waals surface area contributed by atoms with Gasteiger partial charge >= 0.3 is 0 Å². The number of nitrogens with one attached hydrogen (secondary N) is 3. The van der Waals surface area contributed by atoms with Crippen molar-refractivity contribution in [2.24, 2.45) is 0 Å². The molecule has 2 amide bonds. The molecule has 3 rings (SSSR count). The summed E-state index contributed by atoms with van der Waals surface area (Å²) in [6.07, 6.45) is -0.938. The van der Waals surface area contributed by atoms with E-state index in [1.807, 2.05) is 0 Å². The summed E-state index contributed by atoms with van der Waals surface area (Å²) in [6, 6.07) is 11.1. The van der Waals surface area contributed by atoms with Gasteiger partial charge in [0, 0.05) is 12.1 Å². The number of ether oxygens (including phenoxy) is 2. The Morgan fingerprint density at radius 1 is 1.10 bits per heavy atom. The molecule has 0 aliphatic carbocycles. The predicted octanol–water partition coefficient (Wildman–Crippen LogP) is 0.894. The number of carbonyl (C=O) groups excluding carboxylic acids is 2. The highest BCUT2D eigenvalue weighted by molar-refractivity contribution is 7.89. The summed E-state index contributed by atoms with van der Waals surface area (Å²) in [4.78, 5) is 24.7. The van der Waals surface area contributed by atoms with Gasteiger partial charge in [0.25, 0.3) is 11.8 Å². The summed E-state index contributed by atoms with van der Waals surface area (Å²) in [7, 11) is -3.71. The molecular formula is C19H21N3O6S. The molecule has 154 valence electrons. The SMILES string of the molecule is CCNS(=O)(=O)c1ccc(C)c(C(=O)NNC(=O)C2COc3ccccc3O2)c1. The van der Waals surface area contributed by atoms with Crippen LogP contribution < -0.4 is 25.0 Å². The van der Waals surface area contributed by atoms with Crippen LogP contribution >= 0.6 is 0 Å². The lowest BCUT2D eigenvalue weighted by atomic mass is 10.1. The van der Waals surface area contributed by atoms with E-state index in [9.17, 15) is 18.0 Å². The first-order valence-corrected chi connectivity index (χ1v) is 10.4. The van der Waals surface area contributed by atoms with Crippen molar-refractivity contribution in [2.45, 2.75) is 24.8 Å². The highest BCUT2D eigenvalue weighted by Crippen LogP contribution is 2.30. The van der Waals surface area contributed by atoms with E-state index in [0.717, 1.165) is 0 Å². The Balaban J connectivity index is 1.66. The van der Waals surface area contributed by atoms with E-state index in [4.69, 9.17) is 9.47 Å². The Kier molecular flexibility index (Phi) is 6.04. The predicted molar refractivity (Wildman–Crippen MR) is 104 cm³/mol. The Morgan fingerprint density at radius 2 is 1.83 bits per heavy atom. The van der Waals surface area contributed by atoms with Crippen molar-refractivity contribution in [3.63, 3.8) is 0 Å². The van der Waals surface area contributed by atoms with Crippen LogP contribution in [-0.2, 0) is 14.8 Å². The summed E-state index contributed by atoms with van der Waals surface area (Å²) < 4.78 is 37.7. The fraction of sp³-hybridized carbons (Fsp3) is 0.263. The van der Waals surface area contributed by atoms with Crippen LogP contribution in [0, 0.1) is 6.92 Å². The van der Waals surface area contributed by atoms with Gasteiger partial charge in [-0.05, 0) is 36.8 Å². The second-order valence-electron chi connectivity index (χ2n) is 6.29. The normalized spacial score (nSPS) is 15.4. The van der Waals surface area contributed by atoms with Gasteiger partial charge in [-0.25, -0.2) is 13.1 Å². The van der Waals surface area contributed by atoms with E-state index in [2.05, 4.69) is 15.6 Å². The summed E-state index contributed by atoms with van der Waals surface area (Å²) in [5.74, 6) is -0.277. The molecule has 0 aromatic heterocycles. The van der Waals surface area contributed by atoms with Gasteiger partial charge in [0.1, 0.15) is 6.61 Å². The molecule has 0 fully saturated rings. The van der Waals surface area contributed by atoms with Gasteiger partial charge in [-0.2, -0.15) is 0 Å². The monoisotopic (exact) mass is 419 g/mol. The molecule has 2 aromatic carbocycles. The lowest BCUT2D eigenvalue weighted by Gasteiger charge is -2.25. The lowest BCUT2D eigenvalue weighted by Crippen LogP contribution is -2.51. The first kappa shape index (κ1) is 20.6. The van der Waals surface area contributed by atoms with E-state index in [-0.39, 0.29) is 23.6 Å². The first-order chi connectivity index (χ1) is 13.8. The van der Waals surface area contributed by atoms with Gasteiger partial charge in [0.05, 0.1) is 4.90 Å². The third-order valence-corrected chi connectivity index (χ3v) is 5.74. The third-order valence-electron chi connectivity index (χ3n) is 4.20. The van der Waals surface area contributed by atoms with Crippen molar-refractivity contribution in [3.8, 4) is 11.5 Å². The number of hydrogen-bond acceptors (Lipinski definition) is 6. The number of amides is 2. The van der Waals surface area contributed by atoms with Crippen LogP contribution in [0.15, 0.2) is 47.4 Å². The number of benzene rings is 2. The second-order valence-corrected chi connectivity index (χ2v) is 8.05. The average molecular weight is 419 g/mol. The molecule has 0 spiro atoms. The van der Waals surface area contributed by atoms with E-state index in [1.165, 1.54) is 18.2 Å². The van der Waals surface area contributed by atoms with Crippen LogP contribution in [0.2, 0.25) is 0 Å². The van der Waals surface area contributed by atoms with Crippen LogP contribution in [0.4, 0.5) is 0 Å². The maximum Gasteiger partial charge on any atom is 0.283 e. The average Bonchev–Trinajstić information content (AvgIpc) is 2.71. The molecule has 0 radical (unpaired) electrons. The molecule has 10 heteroatoms. The molecule has 0 saturated carbocycles. The van der Waals surface area contributed by atoms with Gasteiger partial charge < -0.3 is 9.47 Å². The zero-order valence-corrected chi connectivity index (χ0v) is 16.7. The van der Waals surface area contributed by atoms with Gasteiger partial charge in [-0.1, -0.05) is 25.1 Å². The Bertz CT molecular complexity index is 1040. The van der Waals surface area contributed by atoms with E-state index in [0.29, 0.717) is 17.1 Å². The molecule has 3 N–H and O–H groups in total. The molecule has 0 bridgehead atoms. The van der Waals surface area contributed by atoms with Crippen molar-refractivity contribution < 1.29 is 27.5 Å². The van der Waals surface area contributed by atoms with Crippen molar-refractivity contribution in [1.82, 2.24) is 15.6 Å². The summed E-state index contributed by atoms with van der Waals surface area (Å²) in [5, 5.41) is 0. The van der Waals surface area contributed by atoms with Crippen LogP contribution in [-0.4, -0.2) is 39.5 Å². The quantitative estimate of drug-likeness (QED) is 0.619. The van der Waals surface area contributed by atoms with Crippen molar-refractivity contribution in [2.75, 3.05) is 13.2 Å². The summed E-state index contributed by atoms with van der Waals surface area (Å²) in [6.45, 7) is 3.54. The molecule has 1 aliphatic rings. The fourth-order valence-electron chi connectivity index (χ4n) is 2.70. The van der Waals surface area contributed by atoms with Crippen molar-refractivity contribution >= 4 is 21.8 Å². The fourth-order valence-corrected chi connectivity index (χ4v) is 3.77. The number of carbonyl (C=O) groups is 2. The zero-order chi connectivity index (χ0) is 21.0. The molecule has 2 aromatic rings. The van der Waals surface area contributed by atoms with E-state index in [1.54, 1.807) is 38.1 Å². The highest BCUT2D eigenvalue weighted by Gasteiger charge is 2.28. The van der Waals surface area contributed by atoms with Gasteiger partial charge in [-0.15, -0.1) is 0 Å². The molecule has 1 atom stereocenters. The van der Waals surface area contributed by atoms with Gasteiger partial charge in [0.2, 0.25) is 16.1 Å². The number of para-hydroxylation sites is 2. The van der Waals surface area contributed by atoms with E-state index >= 15 is 0 Å². The first-order valence-electron chi connectivity index (χ1n) is 8.91. The molecule has 1 unspecified atom stereocenters. The maximum absolute atomic E-state index is 12.5. The Morgan fingerprint density at radius 3 is 2.55 bits per heavy atom. The van der Waals surface area contributed by atoms with Gasteiger partial charge in [-0.3, -0.25) is 20.4 Å². The maximum atomic E-state index is 12.5. The molecule has 1 aliphatic heterocycles.